The van der Waals surface area contributed by atoms with Crippen molar-refractivity contribution in [3.05, 3.63) is 22.8 Å². The van der Waals surface area contributed by atoms with Crippen LogP contribution < -0.4 is 38.8 Å². The summed E-state index contributed by atoms with van der Waals surface area (Å²) in [7, 11) is -4.81. The van der Waals surface area contributed by atoms with Gasteiger partial charge in [-0.25, -0.2) is 0 Å². The second kappa shape index (κ2) is 7.63. The van der Waals surface area contributed by atoms with Crippen molar-refractivity contribution < 1.29 is 56.9 Å². The van der Waals surface area contributed by atoms with Gasteiger partial charge in [-0.1, -0.05) is 45.9 Å². The van der Waals surface area contributed by atoms with E-state index in [4.69, 9.17) is 4.18 Å². The predicted molar refractivity (Wildman–Crippen MR) is 107 cm³/mol. The Labute approximate surface area is 201 Å². The molecule has 8 heteroatoms. The summed E-state index contributed by atoms with van der Waals surface area (Å²) in [5.41, 5.74) is 1.98. The first-order valence-corrected chi connectivity index (χ1v) is 11.8. The summed E-state index contributed by atoms with van der Waals surface area (Å²) in [6.45, 7) is 8.96. The minimum atomic E-state index is -4.81. The van der Waals surface area contributed by atoms with E-state index in [-0.39, 0.29) is 64.1 Å². The quantitative estimate of drug-likeness (QED) is 0.517. The van der Waals surface area contributed by atoms with Crippen LogP contribution in [-0.2, 0) is 28.8 Å². The van der Waals surface area contributed by atoms with E-state index in [0.717, 1.165) is 31.2 Å². The Bertz CT molecular complexity index is 959. The van der Waals surface area contributed by atoms with Gasteiger partial charge in [0.2, 0.25) is 0 Å². The molecule has 6 nitrogen and oxygen atoms in total. The molecule has 0 aliphatic heterocycles. The average Bonchev–Trinajstić information content (AvgIpc) is 2.90. The van der Waals surface area contributed by atoms with Crippen LogP contribution in [0.15, 0.2) is 6.07 Å². The summed E-state index contributed by atoms with van der Waals surface area (Å²) in [5, 5.41) is 22.6. The molecule has 1 aromatic rings. The molecule has 2 N–H and O–H groups in total. The monoisotopic (exact) mass is 446 g/mol. The average molecular weight is 447 g/mol. The summed E-state index contributed by atoms with van der Waals surface area (Å²) in [5.74, 6) is -0.144. The molecule has 4 rings (SSSR count). The Morgan fingerprint density at radius 2 is 1.83 bits per heavy atom. The summed E-state index contributed by atoms with van der Waals surface area (Å²) in [6, 6.07) is 1.27. The molecule has 0 spiro atoms. The normalized spacial score (nSPS) is 34.3. The zero-order valence-electron chi connectivity index (χ0n) is 18.6. The maximum atomic E-state index is 12.6. The molecule has 1 aromatic carbocycles. The number of aliphatic hydroxyl groups excluding tert-OH is 1. The van der Waals surface area contributed by atoms with Crippen molar-refractivity contribution in [2.75, 3.05) is 0 Å². The Morgan fingerprint density at radius 1 is 1.17 bits per heavy atom. The van der Waals surface area contributed by atoms with E-state index >= 15 is 0 Å². The fourth-order valence-electron chi connectivity index (χ4n) is 7.59. The molecule has 0 aromatic heterocycles. The molecule has 30 heavy (non-hydrogen) atoms. The number of rotatable bonds is 3. The van der Waals surface area contributed by atoms with Crippen molar-refractivity contribution >= 4 is 10.4 Å². The van der Waals surface area contributed by atoms with E-state index in [0.29, 0.717) is 23.5 Å². The van der Waals surface area contributed by atoms with Gasteiger partial charge in [0.15, 0.2) is 0 Å². The van der Waals surface area contributed by atoms with Crippen LogP contribution in [0, 0.1) is 22.7 Å². The van der Waals surface area contributed by atoms with E-state index < -0.39 is 16.1 Å². The number of fused-ring (bicyclic) bond motifs is 5. The molecule has 0 radical (unpaired) electrons. The molecule has 3 aliphatic carbocycles. The van der Waals surface area contributed by atoms with Crippen LogP contribution in [0.25, 0.3) is 0 Å². The van der Waals surface area contributed by atoms with Crippen molar-refractivity contribution in [1.82, 2.24) is 0 Å². The molecule has 3 aliphatic rings. The molecular weight excluding hydrogens is 415 g/mol. The first-order valence-electron chi connectivity index (χ1n) is 10.5. The third-order valence-corrected chi connectivity index (χ3v) is 8.94. The van der Waals surface area contributed by atoms with Crippen LogP contribution in [-0.4, -0.2) is 18.1 Å². The molecular formula is C22H31NaO6S. The topological polar surface area (TPSA) is 107 Å². The first-order chi connectivity index (χ1) is 13.3. The van der Waals surface area contributed by atoms with Crippen molar-refractivity contribution in [1.29, 1.82) is 0 Å². The van der Waals surface area contributed by atoms with Gasteiger partial charge in [-0.05, 0) is 76.9 Å². The summed E-state index contributed by atoms with van der Waals surface area (Å²) in [4.78, 5) is 0. The molecule has 0 amide bonds. The first kappa shape index (κ1) is 24.3. The smallest absolute Gasteiger partial charge is 0.870 e. The number of aliphatic hydroxyl groups is 1. The number of benzene rings is 1. The summed E-state index contributed by atoms with van der Waals surface area (Å²) >= 11 is 0. The molecule has 162 valence electrons. The van der Waals surface area contributed by atoms with E-state index in [1.54, 1.807) is 0 Å². The fourth-order valence-corrected chi connectivity index (χ4v) is 7.98. The second-order valence-corrected chi connectivity index (χ2v) is 11.5. The Kier molecular flexibility index (Phi) is 6.19. The van der Waals surface area contributed by atoms with Gasteiger partial charge in [0, 0.05) is 0 Å². The zero-order chi connectivity index (χ0) is 21.4. The summed E-state index contributed by atoms with van der Waals surface area (Å²) in [6.07, 6.45) is 5.97. The van der Waals surface area contributed by atoms with Crippen LogP contribution >= 0.6 is 0 Å². The van der Waals surface area contributed by atoms with Crippen LogP contribution in [0.3, 0.4) is 0 Å². The van der Waals surface area contributed by atoms with Gasteiger partial charge in [-0.2, -0.15) is 8.42 Å². The van der Waals surface area contributed by atoms with Gasteiger partial charge in [0.1, 0.15) is 5.75 Å². The van der Waals surface area contributed by atoms with Crippen LogP contribution in [0.1, 0.15) is 76.5 Å². The third-order valence-electron chi connectivity index (χ3n) is 8.56. The van der Waals surface area contributed by atoms with Gasteiger partial charge in [0.05, 0.1) is 6.61 Å². The minimum absolute atomic E-state index is 0. The zero-order valence-corrected chi connectivity index (χ0v) is 21.4. The summed E-state index contributed by atoms with van der Waals surface area (Å²) < 4.78 is 36.9. The molecule has 0 bridgehead atoms. The van der Waals surface area contributed by atoms with Crippen molar-refractivity contribution in [3.8, 4) is 11.5 Å². The molecule has 0 saturated heterocycles. The molecule has 2 saturated carbocycles. The molecule has 0 heterocycles. The van der Waals surface area contributed by atoms with E-state index in [1.165, 1.54) is 12.5 Å². The van der Waals surface area contributed by atoms with E-state index in [1.807, 2.05) is 0 Å². The van der Waals surface area contributed by atoms with Crippen molar-refractivity contribution in [3.63, 3.8) is 0 Å². The van der Waals surface area contributed by atoms with E-state index in [9.17, 15) is 23.2 Å². The van der Waals surface area contributed by atoms with Crippen LogP contribution in [0.5, 0.6) is 11.5 Å². The second-order valence-electron chi connectivity index (χ2n) is 10.5. The van der Waals surface area contributed by atoms with Gasteiger partial charge < -0.3 is 14.4 Å². The minimum Gasteiger partial charge on any atom is -0.870 e. The van der Waals surface area contributed by atoms with E-state index in [2.05, 4.69) is 27.7 Å². The predicted octanol–water partition coefficient (Wildman–Crippen LogP) is 0.495. The van der Waals surface area contributed by atoms with Crippen molar-refractivity contribution in [2.24, 2.45) is 22.7 Å². The number of hydrogen-bond acceptors (Lipinski definition) is 5. The standard InChI is InChI=1S/C22H32O6S.Na/c1-20(2)7-5-8-21(3)16(20)6-9-22(4)17(21)11-14-18(22)13(12-23)10-15(24)19(14)28-29(25,26)27;/h10,16-17,23-24H,5-9,11-12H2,1-4H3,(H,25,26,27);/q;+1/p-1/t16-,17+,21-,22-;/m0./s1. The van der Waals surface area contributed by atoms with Gasteiger partial charge in [0.25, 0.3) is 0 Å². The Morgan fingerprint density at radius 3 is 2.43 bits per heavy atom. The fraction of sp³-hybridized carbons (Fsp3) is 0.727. The third kappa shape index (κ3) is 3.54. The maximum absolute atomic E-state index is 12.6. The van der Waals surface area contributed by atoms with Crippen LogP contribution in [0.4, 0.5) is 0 Å². The molecule has 4 atom stereocenters. The maximum Gasteiger partial charge on any atom is 1.00 e. The Hall–Kier alpha value is -0.310. The van der Waals surface area contributed by atoms with Gasteiger partial charge in [-0.3, -0.25) is 4.55 Å². The van der Waals surface area contributed by atoms with Gasteiger partial charge >= 0.3 is 40.0 Å². The molecule has 2 fully saturated rings. The SMILES string of the molecule is CC1(C)CCC[C@]2(C)[C@H]3Cc4c(OS(=O)(=O)O)c([O-])cc(CO)c4[C@@]3(C)CC[C@@H]12.[Na+]. The van der Waals surface area contributed by atoms with Crippen LogP contribution in [0.2, 0.25) is 0 Å². The largest absolute Gasteiger partial charge is 1.00 e. The van der Waals surface area contributed by atoms with Crippen molar-refractivity contribution in [2.45, 2.75) is 78.2 Å². The van der Waals surface area contributed by atoms with Gasteiger partial charge in [-0.15, -0.1) is 0 Å². The molecule has 0 unspecified atom stereocenters. The number of hydrogen-bond donors (Lipinski definition) is 2. The Balaban J connectivity index is 0.00000256.